The van der Waals surface area contributed by atoms with Crippen molar-refractivity contribution in [2.24, 2.45) is 4.99 Å². The summed E-state index contributed by atoms with van der Waals surface area (Å²) in [6.45, 7) is 6.56. The van der Waals surface area contributed by atoms with Crippen LogP contribution in [-0.4, -0.2) is 51.3 Å². The van der Waals surface area contributed by atoms with Gasteiger partial charge in [-0.05, 0) is 42.5 Å². The van der Waals surface area contributed by atoms with Gasteiger partial charge in [0.05, 0.1) is 13.7 Å². The third kappa shape index (κ3) is 5.14. The van der Waals surface area contributed by atoms with E-state index in [1.807, 2.05) is 36.5 Å². The van der Waals surface area contributed by atoms with E-state index in [1.54, 1.807) is 19.0 Å². The van der Waals surface area contributed by atoms with Crippen LogP contribution in [0.2, 0.25) is 0 Å². The average molecular weight is 389 g/mol. The Hall–Kier alpha value is -2.25. The van der Waals surface area contributed by atoms with Crippen molar-refractivity contribution < 1.29 is 9.47 Å². The van der Waals surface area contributed by atoms with Gasteiger partial charge in [-0.3, -0.25) is 9.89 Å². The van der Waals surface area contributed by atoms with E-state index in [9.17, 15) is 0 Å². The number of anilines is 1. The molecule has 3 rings (SSSR count). The Balaban J connectivity index is 1.50. The SMILES string of the molecule is CCOc1ccc(NC(=NC)NCCN2CCc3sccc3C2)cc1OC. The fourth-order valence-electron chi connectivity index (χ4n) is 3.17. The third-order valence-corrected chi connectivity index (χ3v) is 5.58. The molecule has 0 unspecified atom stereocenters. The second-order valence-corrected chi connectivity index (χ2v) is 7.32. The number of fused-ring (bicyclic) bond motifs is 1. The summed E-state index contributed by atoms with van der Waals surface area (Å²) < 4.78 is 11.0. The quantitative estimate of drug-likeness (QED) is 0.563. The molecule has 6 nitrogen and oxygen atoms in total. The molecule has 7 heteroatoms. The van der Waals surface area contributed by atoms with Gasteiger partial charge in [0, 0.05) is 49.9 Å². The molecular weight excluding hydrogens is 360 g/mol. The lowest BCUT2D eigenvalue weighted by atomic mass is 10.1. The first kappa shape index (κ1) is 19.5. The van der Waals surface area contributed by atoms with Crippen LogP contribution in [0.5, 0.6) is 11.5 Å². The Bertz CT molecular complexity index is 775. The number of aliphatic imine (C=N–C) groups is 1. The summed E-state index contributed by atoms with van der Waals surface area (Å²) in [7, 11) is 3.42. The molecule has 2 heterocycles. The first-order valence-electron chi connectivity index (χ1n) is 9.29. The first-order valence-corrected chi connectivity index (χ1v) is 10.2. The Morgan fingerprint density at radius 1 is 1.30 bits per heavy atom. The molecule has 1 aromatic heterocycles. The maximum atomic E-state index is 5.56. The van der Waals surface area contributed by atoms with E-state index in [1.165, 1.54) is 5.56 Å². The molecule has 0 radical (unpaired) electrons. The zero-order valence-corrected chi connectivity index (χ0v) is 17.1. The second kappa shape index (κ2) is 9.62. The van der Waals surface area contributed by atoms with Gasteiger partial charge in [0.15, 0.2) is 17.5 Å². The number of thiophene rings is 1. The number of benzene rings is 1. The van der Waals surface area contributed by atoms with Crippen LogP contribution in [0.1, 0.15) is 17.4 Å². The minimum atomic E-state index is 0.607. The van der Waals surface area contributed by atoms with E-state index >= 15 is 0 Å². The van der Waals surface area contributed by atoms with Crippen LogP contribution >= 0.6 is 11.3 Å². The molecule has 146 valence electrons. The minimum Gasteiger partial charge on any atom is -0.493 e. The van der Waals surface area contributed by atoms with Gasteiger partial charge >= 0.3 is 0 Å². The Morgan fingerprint density at radius 3 is 2.96 bits per heavy atom. The molecule has 2 N–H and O–H groups in total. The smallest absolute Gasteiger partial charge is 0.195 e. The lowest BCUT2D eigenvalue weighted by molar-refractivity contribution is 0.260. The van der Waals surface area contributed by atoms with Crippen molar-refractivity contribution in [1.29, 1.82) is 0 Å². The van der Waals surface area contributed by atoms with Gasteiger partial charge < -0.3 is 20.1 Å². The maximum absolute atomic E-state index is 5.56. The van der Waals surface area contributed by atoms with Crippen LogP contribution in [0, 0.1) is 0 Å². The Labute approximate surface area is 165 Å². The largest absolute Gasteiger partial charge is 0.493 e. The van der Waals surface area contributed by atoms with Crippen LogP contribution in [-0.2, 0) is 13.0 Å². The normalized spacial score (nSPS) is 14.6. The van der Waals surface area contributed by atoms with Gasteiger partial charge in [0.25, 0.3) is 0 Å². The van der Waals surface area contributed by atoms with Gasteiger partial charge in [-0.25, -0.2) is 0 Å². The summed E-state index contributed by atoms with van der Waals surface area (Å²) in [6.07, 6.45) is 1.16. The van der Waals surface area contributed by atoms with E-state index in [2.05, 4.69) is 32.0 Å². The average Bonchev–Trinajstić information content (AvgIpc) is 3.16. The number of hydrogen-bond acceptors (Lipinski definition) is 5. The van der Waals surface area contributed by atoms with Crippen molar-refractivity contribution in [2.45, 2.75) is 19.9 Å². The lowest BCUT2D eigenvalue weighted by Gasteiger charge is -2.27. The number of hydrogen-bond donors (Lipinski definition) is 2. The molecule has 0 aliphatic carbocycles. The predicted octanol–water partition coefficient (Wildman–Crippen LogP) is 3.20. The van der Waals surface area contributed by atoms with Gasteiger partial charge in [-0.1, -0.05) is 0 Å². The number of rotatable bonds is 7. The van der Waals surface area contributed by atoms with E-state index in [4.69, 9.17) is 9.47 Å². The zero-order chi connectivity index (χ0) is 19.1. The highest BCUT2D eigenvalue weighted by Gasteiger charge is 2.16. The highest BCUT2D eigenvalue weighted by atomic mass is 32.1. The highest BCUT2D eigenvalue weighted by molar-refractivity contribution is 7.10. The summed E-state index contributed by atoms with van der Waals surface area (Å²) in [5.74, 6) is 2.19. The summed E-state index contributed by atoms with van der Waals surface area (Å²) in [5, 5.41) is 8.89. The summed E-state index contributed by atoms with van der Waals surface area (Å²) >= 11 is 1.88. The van der Waals surface area contributed by atoms with Crippen molar-refractivity contribution in [1.82, 2.24) is 10.2 Å². The van der Waals surface area contributed by atoms with Crippen LogP contribution in [0.4, 0.5) is 5.69 Å². The molecule has 0 amide bonds. The predicted molar refractivity (Wildman–Crippen MR) is 112 cm³/mol. The number of guanidine groups is 1. The van der Waals surface area contributed by atoms with Gasteiger partial charge in [0.1, 0.15) is 0 Å². The molecule has 0 saturated heterocycles. The molecule has 27 heavy (non-hydrogen) atoms. The number of ether oxygens (including phenoxy) is 2. The van der Waals surface area contributed by atoms with Crippen molar-refractivity contribution in [2.75, 3.05) is 45.7 Å². The standard InChI is InChI=1S/C20H28N4O2S/c1-4-26-17-6-5-16(13-18(17)25-3)23-20(21-2)22-9-11-24-10-7-19-15(14-24)8-12-27-19/h5-6,8,12-13H,4,7,9-11,14H2,1-3H3,(H2,21,22,23). The number of nitrogens with zero attached hydrogens (tertiary/aromatic N) is 2. The van der Waals surface area contributed by atoms with E-state index < -0.39 is 0 Å². The Kier molecular flexibility index (Phi) is 6.95. The monoisotopic (exact) mass is 388 g/mol. The topological polar surface area (TPSA) is 58.1 Å². The van der Waals surface area contributed by atoms with Crippen LogP contribution in [0.3, 0.4) is 0 Å². The van der Waals surface area contributed by atoms with E-state index in [-0.39, 0.29) is 0 Å². The summed E-state index contributed by atoms with van der Waals surface area (Å²) in [4.78, 5) is 8.34. The molecule has 0 atom stereocenters. The van der Waals surface area contributed by atoms with Crippen LogP contribution in [0.15, 0.2) is 34.6 Å². The summed E-state index contributed by atoms with van der Waals surface area (Å²) in [5.41, 5.74) is 2.39. The fourth-order valence-corrected chi connectivity index (χ4v) is 4.06. The molecule has 0 fully saturated rings. The summed E-state index contributed by atoms with van der Waals surface area (Å²) in [6, 6.07) is 8.03. The van der Waals surface area contributed by atoms with Crippen molar-refractivity contribution >= 4 is 23.0 Å². The lowest BCUT2D eigenvalue weighted by Crippen LogP contribution is -2.39. The van der Waals surface area contributed by atoms with Crippen LogP contribution in [0.25, 0.3) is 0 Å². The molecule has 0 spiro atoms. The molecule has 0 bridgehead atoms. The van der Waals surface area contributed by atoms with Crippen molar-refractivity contribution in [3.05, 3.63) is 40.1 Å². The molecule has 0 saturated carbocycles. The maximum Gasteiger partial charge on any atom is 0.195 e. The van der Waals surface area contributed by atoms with Gasteiger partial charge in [-0.2, -0.15) is 0 Å². The highest BCUT2D eigenvalue weighted by Crippen LogP contribution is 2.30. The molecule has 1 aliphatic heterocycles. The van der Waals surface area contributed by atoms with Gasteiger partial charge in [0.2, 0.25) is 0 Å². The van der Waals surface area contributed by atoms with Crippen molar-refractivity contribution in [3.8, 4) is 11.5 Å². The van der Waals surface area contributed by atoms with Crippen molar-refractivity contribution in [3.63, 3.8) is 0 Å². The van der Waals surface area contributed by atoms with Crippen LogP contribution < -0.4 is 20.1 Å². The zero-order valence-electron chi connectivity index (χ0n) is 16.2. The van der Waals surface area contributed by atoms with Gasteiger partial charge in [-0.15, -0.1) is 11.3 Å². The molecule has 2 aromatic rings. The fraction of sp³-hybridized carbons (Fsp3) is 0.450. The van der Waals surface area contributed by atoms with E-state index in [0.717, 1.165) is 50.0 Å². The first-order chi connectivity index (χ1) is 13.2. The molecule has 1 aromatic carbocycles. The van der Waals surface area contributed by atoms with E-state index in [0.29, 0.717) is 12.4 Å². The molecule has 1 aliphatic rings. The molecular formula is C20H28N4O2S. The number of nitrogens with one attached hydrogen (secondary N) is 2. The number of methoxy groups -OCH3 is 1. The minimum absolute atomic E-state index is 0.607. The Morgan fingerprint density at radius 2 is 2.19 bits per heavy atom. The second-order valence-electron chi connectivity index (χ2n) is 6.32. The third-order valence-electron chi connectivity index (χ3n) is 4.56.